The normalized spacial score (nSPS) is 15.3. The summed E-state index contributed by atoms with van der Waals surface area (Å²) in [5.41, 5.74) is 1.88. The molecule has 0 aliphatic carbocycles. The van der Waals surface area contributed by atoms with Gasteiger partial charge in [0.1, 0.15) is 5.76 Å². The minimum atomic E-state index is -2.38. The zero-order valence-corrected chi connectivity index (χ0v) is 13.8. The van der Waals surface area contributed by atoms with Gasteiger partial charge < -0.3 is 9.05 Å². The van der Waals surface area contributed by atoms with Gasteiger partial charge in [-0.25, -0.2) is 0 Å². The zero-order valence-electron chi connectivity index (χ0n) is 9.82. The Hall–Kier alpha value is 0.240. The van der Waals surface area contributed by atoms with Crippen molar-refractivity contribution in [3.05, 3.63) is 39.3 Å². The third-order valence-corrected chi connectivity index (χ3v) is 6.21. The van der Waals surface area contributed by atoms with Gasteiger partial charge in [-0.05, 0) is 30.0 Å². The molecule has 1 aromatic rings. The summed E-state index contributed by atoms with van der Waals surface area (Å²) >= 11 is 23.1. The molecule has 0 aromatic heterocycles. The highest BCUT2D eigenvalue weighted by atomic mass is 35.5. The van der Waals surface area contributed by atoms with Crippen LogP contribution in [0.25, 0.3) is 5.76 Å². The van der Waals surface area contributed by atoms with Gasteiger partial charge in [-0.1, -0.05) is 41.7 Å². The molecule has 0 spiro atoms. The van der Waals surface area contributed by atoms with E-state index < -0.39 is 6.49 Å². The first kappa shape index (κ1) is 16.3. The summed E-state index contributed by atoms with van der Waals surface area (Å²) in [4.78, 5) is 0. The Kier molecular flexibility index (Phi) is 6.46. The highest BCUT2D eigenvalue weighted by Crippen LogP contribution is 2.51. The molecule has 2 nitrogen and oxygen atoms in total. The van der Waals surface area contributed by atoms with Crippen molar-refractivity contribution < 1.29 is 9.05 Å². The van der Waals surface area contributed by atoms with Gasteiger partial charge in [-0.2, -0.15) is 0 Å². The lowest BCUT2D eigenvalue weighted by Crippen LogP contribution is -1.96. The minimum Gasteiger partial charge on any atom is -0.442 e. The number of halogens is 3. The van der Waals surface area contributed by atoms with Crippen molar-refractivity contribution in [2.24, 2.45) is 0 Å². The van der Waals surface area contributed by atoms with Gasteiger partial charge in [0.05, 0.1) is 5.02 Å². The van der Waals surface area contributed by atoms with Crippen LogP contribution in [-0.2, 0) is 20.9 Å². The fraction of sp³-hybridized carbons (Fsp3) is 0.273. The van der Waals surface area contributed by atoms with Crippen LogP contribution in [-0.4, -0.2) is 13.3 Å². The summed E-state index contributed by atoms with van der Waals surface area (Å²) in [6, 6.07) is 5.03. The summed E-state index contributed by atoms with van der Waals surface area (Å²) in [5.74, 6) is 0.371. The fourth-order valence-electron chi connectivity index (χ4n) is 1.19. The molecule has 0 saturated carbocycles. The number of rotatable bonds is 5. The number of benzene rings is 1. The van der Waals surface area contributed by atoms with E-state index in [2.05, 4.69) is 0 Å². The molecule has 7 heteroatoms. The average molecular weight is 346 g/mol. The van der Waals surface area contributed by atoms with E-state index in [9.17, 15) is 0 Å². The van der Waals surface area contributed by atoms with Crippen LogP contribution in [0.4, 0.5) is 0 Å². The van der Waals surface area contributed by atoms with Crippen LogP contribution in [0, 0.1) is 0 Å². The van der Waals surface area contributed by atoms with E-state index in [1.807, 2.05) is 6.92 Å². The Morgan fingerprint density at radius 1 is 1.44 bits per heavy atom. The standard InChI is InChI=1S/C11H12Cl3O2PS/c1-3-17(18,15-2)16-11(7-12)9-6-8(13)4-5-10(9)14/h4-7H,3H2,1-2H3/b11-7+. The van der Waals surface area contributed by atoms with E-state index in [0.717, 1.165) is 0 Å². The molecule has 0 bridgehead atoms. The maximum atomic E-state index is 6.08. The number of hydrogen-bond donors (Lipinski definition) is 0. The average Bonchev–Trinajstić information content (AvgIpc) is 2.39. The van der Waals surface area contributed by atoms with Crippen molar-refractivity contribution >= 4 is 58.9 Å². The van der Waals surface area contributed by atoms with E-state index in [1.54, 1.807) is 18.2 Å². The van der Waals surface area contributed by atoms with Gasteiger partial charge in [0.25, 0.3) is 0 Å². The second kappa shape index (κ2) is 7.14. The molecule has 0 N–H and O–H groups in total. The van der Waals surface area contributed by atoms with Gasteiger partial charge in [-0.15, -0.1) is 0 Å². The van der Waals surface area contributed by atoms with Crippen LogP contribution < -0.4 is 0 Å². The van der Waals surface area contributed by atoms with E-state index in [0.29, 0.717) is 27.5 Å². The van der Waals surface area contributed by atoms with Crippen LogP contribution in [0.3, 0.4) is 0 Å². The molecule has 0 aliphatic rings. The molecule has 0 amide bonds. The van der Waals surface area contributed by atoms with E-state index in [4.69, 9.17) is 55.7 Å². The minimum absolute atomic E-state index is 0.371. The SMILES string of the molecule is CCP(=S)(OC)O/C(=C/Cl)c1cc(Cl)ccc1Cl. The summed E-state index contributed by atoms with van der Waals surface area (Å²) in [7, 11) is 1.52. The smallest absolute Gasteiger partial charge is 0.237 e. The summed E-state index contributed by atoms with van der Waals surface area (Å²) in [6.45, 7) is -0.477. The Labute approximate surface area is 127 Å². The maximum Gasteiger partial charge on any atom is 0.237 e. The first-order chi connectivity index (χ1) is 8.45. The largest absolute Gasteiger partial charge is 0.442 e. The molecule has 0 fully saturated rings. The van der Waals surface area contributed by atoms with Crippen molar-refractivity contribution in [3.63, 3.8) is 0 Å². The second-order valence-corrected chi connectivity index (χ2v) is 8.43. The van der Waals surface area contributed by atoms with E-state index in [-0.39, 0.29) is 0 Å². The molecule has 0 radical (unpaired) electrons. The molecular weight excluding hydrogens is 334 g/mol. The molecule has 1 rings (SSSR count). The Balaban J connectivity index is 3.12. The predicted octanol–water partition coefficient (Wildman–Crippen LogP) is 5.52. The van der Waals surface area contributed by atoms with Crippen molar-refractivity contribution in [2.75, 3.05) is 13.3 Å². The van der Waals surface area contributed by atoms with Crippen molar-refractivity contribution in [3.8, 4) is 0 Å². The molecule has 18 heavy (non-hydrogen) atoms. The second-order valence-electron chi connectivity index (χ2n) is 3.30. The molecule has 1 aromatic carbocycles. The Morgan fingerprint density at radius 2 is 2.11 bits per heavy atom. The first-order valence-corrected chi connectivity index (χ1v) is 9.07. The molecule has 0 saturated heterocycles. The summed E-state index contributed by atoms with van der Waals surface area (Å²) in [6.07, 6.45) is 0.589. The molecule has 100 valence electrons. The third-order valence-electron chi connectivity index (χ3n) is 2.20. The van der Waals surface area contributed by atoms with Crippen LogP contribution >= 0.6 is 41.3 Å². The fourth-order valence-corrected chi connectivity index (χ4v) is 2.96. The van der Waals surface area contributed by atoms with Gasteiger partial charge in [0.15, 0.2) is 0 Å². The van der Waals surface area contributed by atoms with Crippen molar-refractivity contribution in [1.29, 1.82) is 0 Å². The first-order valence-electron chi connectivity index (χ1n) is 5.06. The monoisotopic (exact) mass is 344 g/mol. The van der Waals surface area contributed by atoms with E-state index >= 15 is 0 Å². The van der Waals surface area contributed by atoms with Crippen LogP contribution in [0.15, 0.2) is 23.7 Å². The molecule has 1 unspecified atom stereocenters. The van der Waals surface area contributed by atoms with Gasteiger partial charge in [0.2, 0.25) is 6.49 Å². The van der Waals surface area contributed by atoms with Gasteiger partial charge in [0, 0.05) is 29.4 Å². The summed E-state index contributed by atoms with van der Waals surface area (Å²) in [5, 5.41) is 1.02. The van der Waals surface area contributed by atoms with E-state index in [1.165, 1.54) is 12.6 Å². The van der Waals surface area contributed by atoms with Crippen LogP contribution in [0.5, 0.6) is 0 Å². The Bertz CT molecular complexity index is 497. The lowest BCUT2D eigenvalue weighted by atomic mass is 10.2. The molecule has 1 atom stereocenters. The topological polar surface area (TPSA) is 18.5 Å². The lowest BCUT2D eigenvalue weighted by Gasteiger charge is -2.21. The van der Waals surface area contributed by atoms with Gasteiger partial charge in [-0.3, -0.25) is 0 Å². The highest BCUT2D eigenvalue weighted by molar-refractivity contribution is 8.10. The lowest BCUT2D eigenvalue weighted by molar-refractivity contribution is 0.379. The van der Waals surface area contributed by atoms with Crippen molar-refractivity contribution in [1.82, 2.24) is 0 Å². The zero-order chi connectivity index (χ0) is 13.8. The van der Waals surface area contributed by atoms with Crippen molar-refractivity contribution in [2.45, 2.75) is 6.92 Å². The quantitative estimate of drug-likeness (QED) is 0.517. The highest BCUT2D eigenvalue weighted by Gasteiger charge is 2.20. The molecule has 0 aliphatic heterocycles. The Morgan fingerprint density at radius 3 is 2.61 bits per heavy atom. The van der Waals surface area contributed by atoms with Crippen LogP contribution in [0.1, 0.15) is 12.5 Å². The third kappa shape index (κ3) is 4.12. The van der Waals surface area contributed by atoms with Gasteiger partial charge >= 0.3 is 0 Å². The molecule has 0 heterocycles. The molecular formula is C11H12Cl3O2PS. The maximum absolute atomic E-state index is 6.08. The summed E-state index contributed by atoms with van der Waals surface area (Å²) < 4.78 is 10.9. The number of hydrogen-bond acceptors (Lipinski definition) is 3. The van der Waals surface area contributed by atoms with Crippen LogP contribution in [0.2, 0.25) is 10.0 Å². The predicted molar refractivity (Wildman–Crippen MR) is 83.2 cm³/mol.